The van der Waals surface area contributed by atoms with Gasteiger partial charge in [0.1, 0.15) is 11.6 Å². The Morgan fingerprint density at radius 3 is 2.61 bits per heavy atom. The van der Waals surface area contributed by atoms with Gasteiger partial charge in [-0.05, 0) is 32.3 Å². The highest BCUT2D eigenvalue weighted by atomic mass is 127. The van der Waals surface area contributed by atoms with Crippen molar-refractivity contribution in [3.63, 3.8) is 0 Å². The van der Waals surface area contributed by atoms with Crippen molar-refractivity contribution in [2.24, 2.45) is 4.99 Å². The summed E-state index contributed by atoms with van der Waals surface area (Å²) < 4.78 is 2.34. The van der Waals surface area contributed by atoms with Crippen LogP contribution in [0.3, 0.4) is 0 Å². The monoisotopic (exact) mass is 539 g/mol. The van der Waals surface area contributed by atoms with Crippen LogP contribution in [0.4, 0.5) is 5.95 Å². The molecule has 9 nitrogen and oxygen atoms in total. The summed E-state index contributed by atoms with van der Waals surface area (Å²) >= 11 is 0. The Balaban J connectivity index is 0.00000272. The average Bonchev–Trinajstić information content (AvgIpc) is 3.02. The van der Waals surface area contributed by atoms with E-state index in [9.17, 15) is 0 Å². The van der Waals surface area contributed by atoms with Gasteiger partial charge >= 0.3 is 0 Å². The Morgan fingerprint density at radius 1 is 1.03 bits per heavy atom. The molecule has 0 spiro atoms. The number of hydrogen-bond acceptors (Lipinski definition) is 6. The zero-order valence-electron chi connectivity index (χ0n) is 18.4. The van der Waals surface area contributed by atoms with Crippen molar-refractivity contribution in [2.45, 2.75) is 52.0 Å². The van der Waals surface area contributed by atoms with Crippen LogP contribution in [-0.4, -0.2) is 74.9 Å². The summed E-state index contributed by atoms with van der Waals surface area (Å²) in [6, 6.07) is 1.85. The van der Waals surface area contributed by atoms with E-state index < -0.39 is 0 Å². The van der Waals surface area contributed by atoms with Gasteiger partial charge in [-0.15, -0.1) is 34.2 Å². The second-order valence-corrected chi connectivity index (χ2v) is 7.86. The normalized spacial score (nSPS) is 17.0. The summed E-state index contributed by atoms with van der Waals surface area (Å²) in [5.41, 5.74) is 0. The lowest BCUT2D eigenvalue weighted by molar-refractivity contribution is 0.370. The Kier molecular flexibility index (Phi) is 9.29. The number of fused-ring (bicyclic) bond motifs is 1. The maximum atomic E-state index is 4.89. The van der Waals surface area contributed by atoms with Gasteiger partial charge in [-0.3, -0.25) is 4.99 Å². The predicted molar refractivity (Wildman–Crippen MR) is 133 cm³/mol. The van der Waals surface area contributed by atoms with E-state index in [1.165, 1.54) is 25.1 Å². The molecule has 0 unspecified atom stereocenters. The largest absolute Gasteiger partial charge is 0.357 e. The second-order valence-electron chi connectivity index (χ2n) is 7.86. The quantitative estimate of drug-likeness (QED) is 0.261. The van der Waals surface area contributed by atoms with Crippen LogP contribution < -0.4 is 10.2 Å². The molecule has 0 saturated carbocycles. The molecule has 0 aromatic carbocycles. The fourth-order valence-electron chi connectivity index (χ4n) is 4.15. The number of halogens is 1. The van der Waals surface area contributed by atoms with Crippen LogP contribution >= 0.6 is 24.0 Å². The number of anilines is 1. The standard InChI is InChI=1S/C21H33N9.HI/c1-2-22-20(28-14-16-29(17-15-28)21-24-11-7-12-25-21)23-10-6-9-19-27-26-18-8-4-3-5-13-30(18)19;/h7,11-12H,2-6,8-10,13-17H2,1H3,(H,22,23);1H. The lowest BCUT2D eigenvalue weighted by atomic mass is 10.2. The number of rotatable bonds is 6. The van der Waals surface area contributed by atoms with E-state index >= 15 is 0 Å². The maximum Gasteiger partial charge on any atom is 0.225 e. The fraction of sp³-hybridized carbons (Fsp3) is 0.667. The fourth-order valence-corrected chi connectivity index (χ4v) is 4.15. The van der Waals surface area contributed by atoms with Gasteiger partial charge in [-0.25, -0.2) is 9.97 Å². The molecule has 2 aromatic rings. The van der Waals surface area contributed by atoms with Gasteiger partial charge in [0.15, 0.2) is 5.96 Å². The number of aromatic nitrogens is 5. The highest BCUT2D eigenvalue weighted by molar-refractivity contribution is 14.0. The van der Waals surface area contributed by atoms with Crippen LogP contribution in [0, 0.1) is 0 Å². The van der Waals surface area contributed by atoms with E-state index in [2.05, 4.69) is 46.8 Å². The smallest absolute Gasteiger partial charge is 0.225 e. The van der Waals surface area contributed by atoms with Gasteiger partial charge in [0.25, 0.3) is 0 Å². The summed E-state index contributed by atoms with van der Waals surface area (Å²) in [5, 5.41) is 12.3. The molecule has 31 heavy (non-hydrogen) atoms. The third-order valence-electron chi connectivity index (χ3n) is 5.76. The van der Waals surface area contributed by atoms with E-state index in [0.29, 0.717) is 0 Å². The first-order valence-corrected chi connectivity index (χ1v) is 11.3. The van der Waals surface area contributed by atoms with Gasteiger partial charge in [0.05, 0.1) is 0 Å². The average molecular weight is 539 g/mol. The Bertz CT molecular complexity index is 816. The number of piperazine rings is 1. The molecule has 0 atom stereocenters. The predicted octanol–water partition coefficient (Wildman–Crippen LogP) is 2.13. The minimum absolute atomic E-state index is 0. The molecule has 0 amide bonds. The molecule has 2 aromatic heterocycles. The van der Waals surface area contributed by atoms with Crippen LogP contribution in [0.1, 0.15) is 44.3 Å². The minimum Gasteiger partial charge on any atom is -0.357 e. The topological polar surface area (TPSA) is 87.4 Å². The molecule has 2 aliphatic rings. The Labute approximate surface area is 201 Å². The summed E-state index contributed by atoms with van der Waals surface area (Å²) in [6.45, 7) is 8.50. The van der Waals surface area contributed by atoms with Gasteiger partial charge in [0, 0.05) is 71.0 Å². The van der Waals surface area contributed by atoms with E-state index in [1.54, 1.807) is 12.4 Å². The molecular weight excluding hydrogens is 505 g/mol. The second kappa shape index (κ2) is 12.2. The van der Waals surface area contributed by atoms with Crippen molar-refractivity contribution in [1.29, 1.82) is 0 Å². The highest BCUT2D eigenvalue weighted by Crippen LogP contribution is 2.15. The van der Waals surface area contributed by atoms with E-state index in [-0.39, 0.29) is 24.0 Å². The molecule has 4 rings (SSSR count). The van der Waals surface area contributed by atoms with Gasteiger partial charge in [0.2, 0.25) is 5.95 Å². The molecule has 0 bridgehead atoms. The molecule has 0 aliphatic carbocycles. The van der Waals surface area contributed by atoms with E-state index in [4.69, 9.17) is 4.99 Å². The number of aliphatic imine (C=N–C) groups is 1. The van der Waals surface area contributed by atoms with Crippen molar-refractivity contribution in [2.75, 3.05) is 44.2 Å². The number of guanidine groups is 1. The molecule has 10 heteroatoms. The summed E-state index contributed by atoms with van der Waals surface area (Å²) in [5.74, 6) is 4.11. The number of nitrogens with zero attached hydrogens (tertiary/aromatic N) is 8. The Morgan fingerprint density at radius 2 is 1.84 bits per heavy atom. The molecule has 1 fully saturated rings. The summed E-state index contributed by atoms with van der Waals surface area (Å²) in [7, 11) is 0. The summed E-state index contributed by atoms with van der Waals surface area (Å²) in [4.78, 5) is 18.2. The van der Waals surface area contributed by atoms with Crippen molar-refractivity contribution in [3.05, 3.63) is 30.1 Å². The number of aryl methyl sites for hydroxylation is 2. The van der Waals surface area contributed by atoms with Crippen LogP contribution in [-0.2, 0) is 19.4 Å². The van der Waals surface area contributed by atoms with Crippen LogP contribution in [0.2, 0.25) is 0 Å². The van der Waals surface area contributed by atoms with Gasteiger partial charge < -0.3 is 19.7 Å². The SMILES string of the molecule is CCNC(=NCCCc1nnc2n1CCCCC2)N1CCN(c2ncccn2)CC1.I. The zero-order valence-corrected chi connectivity index (χ0v) is 20.7. The van der Waals surface area contributed by atoms with Crippen LogP contribution in [0.25, 0.3) is 0 Å². The molecule has 1 N–H and O–H groups in total. The number of hydrogen-bond donors (Lipinski definition) is 1. The zero-order chi connectivity index (χ0) is 20.6. The third kappa shape index (κ3) is 6.27. The first kappa shape index (κ1) is 23.7. The molecular formula is C21H34IN9. The van der Waals surface area contributed by atoms with Crippen molar-refractivity contribution < 1.29 is 0 Å². The van der Waals surface area contributed by atoms with Crippen LogP contribution in [0.5, 0.6) is 0 Å². The highest BCUT2D eigenvalue weighted by Gasteiger charge is 2.21. The molecule has 170 valence electrons. The molecule has 0 radical (unpaired) electrons. The van der Waals surface area contributed by atoms with Crippen molar-refractivity contribution in [1.82, 2.24) is 34.9 Å². The summed E-state index contributed by atoms with van der Waals surface area (Å²) in [6.07, 6.45) is 10.4. The molecule has 2 aliphatic heterocycles. The first-order chi connectivity index (χ1) is 14.8. The maximum absolute atomic E-state index is 4.89. The van der Waals surface area contributed by atoms with Crippen molar-refractivity contribution >= 4 is 35.9 Å². The minimum atomic E-state index is 0. The lowest BCUT2D eigenvalue weighted by Gasteiger charge is -2.36. The van der Waals surface area contributed by atoms with Crippen LogP contribution in [0.15, 0.2) is 23.5 Å². The van der Waals surface area contributed by atoms with Crippen molar-refractivity contribution in [3.8, 4) is 0 Å². The van der Waals surface area contributed by atoms with Gasteiger partial charge in [-0.1, -0.05) is 6.42 Å². The van der Waals surface area contributed by atoms with E-state index in [0.717, 1.165) is 82.8 Å². The van der Waals surface area contributed by atoms with Gasteiger partial charge in [-0.2, -0.15) is 0 Å². The van der Waals surface area contributed by atoms with E-state index in [1.807, 2.05) is 6.07 Å². The lowest BCUT2D eigenvalue weighted by Crippen LogP contribution is -2.53. The number of nitrogens with one attached hydrogen (secondary N) is 1. The molecule has 1 saturated heterocycles. The first-order valence-electron chi connectivity index (χ1n) is 11.3. The third-order valence-corrected chi connectivity index (χ3v) is 5.76. The molecule has 4 heterocycles. The Hall–Kier alpha value is -1.98.